The highest BCUT2D eigenvalue weighted by molar-refractivity contribution is 5.48. The molecule has 2 rings (SSSR count). The molecule has 1 aliphatic rings. The molecule has 0 amide bonds. The molecular formula is C13H19F3N4. The lowest BCUT2D eigenvalue weighted by atomic mass is 10.0. The Bertz CT molecular complexity index is 469. The van der Waals surface area contributed by atoms with Gasteiger partial charge in [-0.2, -0.15) is 13.2 Å². The lowest BCUT2D eigenvalue weighted by Gasteiger charge is -2.16. The monoisotopic (exact) mass is 288 g/mol. The van der Waals surface area contributed by atoms with E-state index in [1.807, 2.05) is 0 Å². The SMILES string of the molecule is CCNc1cc(NCC2(CC)CC2)nc(C(F)(F)F)n1. The Hall–Kier alpha value is -1.53. The third kappa shape index (κ3) is 3.52. The van der Waals surface area contributed by atoms with Gasteiger partial charge in [0.05, 0.1) is 0 Å². The molecule has 0 unspecified atom stereocenters. The van der Waals surface area contributed by atoms with Gasteiger partial charge in [0, 0.05) is 19.2 Å². The number of hydrogen-bond acceptors (Lipinski definition) is 4. The fourth-order valence-electron chi connectivity index (χ4n) is 2.05. The average molecular weight is 288 g/mol. The van der Waals surface area contributed by atoms with Crippen molar-refractivity contribution in [3.63, 3.8) is 0 Å². The number of aromatic nitrogens is 2. The number of hydrogen-bond donors (Lipinski definition) is 2. The van der Waals surface area contributed by atoms with Gasteiger partial charge in [0.2, 0.25) is 5.82 Å². The van der Waals surface area contributed by atoms with Crippen molar-refractivity contribution in [2.45, 2.75) is 39.3 Å². The summed E-state index contributed by atoms with van der Waals surface area (Å²) in [5, 5.41) is 5.81. The second-order valence-electron chi connectivity index (χ2n) is 5.20. The average Bonchev–Trinajstić information content (AvgIpc) is 3.16. The van der Waals surface area contributed by atoms with E-state index in [9.17, 15) is 13.2 Å². The van der Waals surface area contributed by atoms with Gasteiger partial charge in [-0.15, -0.1) is 0 Å². The molecule has 1 aromatic rings. The quantitative estimate of drug-likeness (QED) is 0.840. The molecule has 1 heterocycles. The maximum Gasteiger partial charge on any atom is 0.451 e. The van der Waals surface area contributed by atoms with E-state index in [1.165, 1.54) is 6.07 Å². The van der Waals surface area contributed by atoms with Crippen LogP contribution in [0.2, 0.25) is 0 Å². The van der Waals surface area contributed by atoms with Gasteiger partial charge in [0.15, 0.2) is 0 Å². The molecule has 2 N–H and O–H groups in total. The van der Waals surface area contributed by atoms with Crippen molar-refractivity contribution >= 4 is 11.6 Å². The van der Waals surface area contributed by atoms with Crippen LogP contribution in [0.25, 0.3) is 0 Å². The molecule has 0 saturated heterocycles. The summed E-state index contributed by atoms with van der Waals surface area (Å²) in [5.41, 5.74) is 0.238. The maximum atomic E-state index is 12.8. The van der Waals surface area contributed by atoms with Crippen molar-refractivity contribution in [3.05, 3.63) is 11.9 Å². The topological polar surface area (TPSA) is 49.8 Å². The van der Waals surface area contributed by atoms with E-state index in [-0.39, 0.29) is 17.1 Å². The molecule has 0 bridgehead atoms. The zero-order valence-corrected chi connectivity index (χ0v) is 11.6. The van der Waals surface area contributed by atoms with Crippen LogP contribution in [0.15, 0.2) is 6.07 Å². The molecule has 0 radical (unpaired) electrons. The Morgan fingerprint density at radius 1 is 1.15 bits per heavy atom. The fraction of sp³-hybridized carbons (Fsp3) is 0.692. The van der Waals surface area contributed by atoms with Gasteiger partial charge < -0.3 is 10.6 Å². The highest BCUT2D eigenvalue weighted by Gasteiger charge is 2.40. The van der Waals surface area contributed by atoms with E-state index >= 15 is 0 Å². The second-order valence-corrected chi connectivity index (χ2v) is 5.20. The Morgan fingerprint density at radius 3 is 2.20 bits per heavy atom. The molecule has 1 saturated carbocycles. The standard InChI is InChI=1S/C13H19F3N4/c1-3-12(5-6-12)8-18-10-7-9(17-4-2)19-11(20-10)13(14,15)16/h7H,3-6,8H2,1-2H3,(H2,17,18,19,20). The lowest BCUT2D eigenvalue weighted by Crippen LogP contribution is -2.18. The first-order chi connectivity index (χ1) is 9.38. The summed E-state index contributed by atoms with van der Waals surface area (Å²) in [5.74, 6) is -0.693. The molecule has 0 atom stereocenters. The molecule has 7 heteroatoms. The van der Waals surface area contributed by atoms with E-state index in [4.69, 9.17) is 0 Å². The highest BCUT2D eigenvalue weighted by Crippen LogP contribution is 2.48. The number of halogens is 3. The zero-order valence-electron chi connectivity index (χ0n) is 11.6. The Kier molecular flexibility index (Phi) is 4.06. The summed E-state index contributed by atoms with van der Waals surface area (Å²) in [4.78, 5) is 7.05. The van der Waals surface area contributed by atoms with Crippen LogP contribution in [-0.4, -0.2) is 23.1 Å². The van der Waals surface area contributed by atoms with E-state index in [0.717, 1.165) is 19.3 Å². The minimum absolute atomic E-state index is 0.193. The van der Waals surface area contributed by atoms with Crippen molar-refractivity contribution in [2.75, 3.05) is 23.7 Å². The van der Waals surface area contributed by atoms with Gasteiger partial charge in [-0.25, -0.2) is 9.97 Å². The fourth-order valence-corrected chi connectivity index (χ4v) is 2.05. The molecule has 112 valence electrons. The van der Waals surface area contributed by atoms with Crippen molar-refractivity contribution in [3.8, 4) is 0 Å². The van der Waals surface area contributed by atoms with Gasteiger partial charge >= 0.3 is 6.18 Å². The lowest BCUT2D eigenvalue weighted by molar-refractivity contribution is -0.144. The normalized spacial score (nSPS) is 16.9. The molecule has 1 aromatic heterocycles. The van der Waals surface area contributed by atoms with Crippen molar-refractivity contribution < 1.29 is 13.2 Å². The minimum atomic E-state index is -4.54. The molecule has 0 spiro atoms. The van der Waals surface area contributed by atoms with Crippen LogP contribution >= 0.6 is 0 Å². The Morgan fingerprint density at radius 2 is 1.75 bits per heavy atom. The summed E-state index contributed by atoms with van der Waals surface area (Å²) in [6, 6.07) is 1.52. The summed E-state index contributed by atoms with van der Waals surface area (Å²) in [6.45, 7) is 5.06. The Labute approximate surface area is 116 Å². The molecule has 1 fully saturated rings. The molecular weight excluding hydrogens is 269 g/mol. The van der Waals surface area contributed by atoms with Crippen molar-refractivity contribution in [2.24, 2.45) is 5.41 Å². The third-order valence-corrected chi connectivity index (χ3v) is 3.69. The van der Waals surface area contributed by atoms with E-state index in [2.05, 4.69) is 27.5 Å². The van der Waals surface area contributed by atoms with Crippen LogP contribution in [0.5, 0.6) is 0 Å². The highest BCUT2D eigenvalue weighted by atomic mass is 19.4. The number of nitrogens with one attached hydrogen (secondary N) is 2. The summed E-state index contributed by atoms with van der Waals surface area (Å²) in [7, 11) is 0. The van der Waals surface area contributed by atoms with Crippen LogP contribution in [-0.2, 0) is 6.18 Å². The second kappa shape index (κ2) is 5.46. The Balaban J connectivity index is 2.16. The van der Waals surface area contributed by atoms with Gasteiger partial charge in [-0.3, -0.25) is 0 Å². The molecule has 4 nitrogen and oxygen atoms in total. The first kappa shape index (κ1) is 14.9. The smallest absolute Gasteiger partial charge is 0.370 e. The van der Waals surface area contributed by atoms with Gasteiger partial charge in [-0.1, -0.05) is 6.92 Å². The predicted octanol–water partition coefficient (Wildman–Crippen LogP) is 3.53. The number of anilines is 2. The van der Waals surface area contributed by atoms with Crippen LogP contribution in [0.3, 0.4) is 0 Å². The predicted molar refractivity (Wildman–Crippen MR) is 71.6 cm³/mol. The summed E-state index contributed by atoms with van der Waals surface area (Å²) < 4.78 is 38.3. The van der Waals surface area contributed by atoms with E-state index < -0.39 is 12.0 Å². The van der Waals surface area contributed by atoms with Crippen molar-refractivity contribution in [1.82, 2.24) is 9.97 Å². The van der Waals surface area contributed by atoms with Crippen LogP contribution in [0.4, 0.5) is 24.8 Å². The van der Waals surface area contributed by atoms with E-state index in [0.29, 0.717) is 13.1 Å². The molecule has 0 aliphatic heterocycles. The molecule has 0 aromatic carbocycles. The van der Waals surface area contributed by atoms with E-state index in [1.54, 1.807) is 6.92 Å². The maximum absolute atomic E-state index is 12.8. The minimum Gasteiger partial charge on any atom is -0.370 e. The van der Waals surface area contributed by atoms with Gasteiger partial charge in [0.25, 0.3) is 0 Å². The summed E-state index contributed by atoms with van der Waals surface area (Å²) in [6.07, 6.45) is -1.28. The van der Waals surface area contributed by atoms with Crippen molar-refractivity contribution in [1.29, 1.82) is 0 Å². The molecule has 20 heavy (non-hydrogen) atoms. The first-order valence-corrected chi connectivity index (χ1v) is 6.82. The summed E-state index contributed by atoms with van der Waals surface area (Å²) >= 11 is 0. The largest absolute Gasteiger partial charge is 0.451 e. The number of nitrogens with zero attached hydrogens (tertiary/aromatic N) is 2. The number of rotatable bonds is 6. The zero-order chi connectivity index (χ0) is 14.8. The van der Waals surface area contributed by atoms with Crippen LogP contribution in [0.1, 0.15) is 38.9 Å². The van der Waals surface area contributed by atoms with Crippen LogP contribution in [0, 0.1) is 5.41 Å². The third-order valence-electron chi connectivity index (χ3n) is 3.69. The van der Waals surface area contributed by atoms with Crippen LogP contribution < -0.4 is 10.6 Å². The van der Waals surface area contributed by atoms with Gasteiger partial charge in [0.1, 0.15) is 11.6 Å². The molecule has 1 aliphatic carbocycles. The van der Waals surface area contributed by atoms with Gasteiger partial charge in [-0.05, 0) is 31.6 Å². The first-order valence-electron chi connectivity index (χ1n) is 6.82. The number of alkyl halides is 3.